The van der Waals surface area contributed by atoms with E-state index in [-0.39, 0.29) is 0 Å². The Bertz CT molecular complexity index is 929. The van der Waals surface area contributed by atoms with E-state index in [9.17, 15) is 18.3 Å². The Kier molecular flexibility index (Phi) is 5.60. The third-order valence-electron chi connectivity index (χ3n) is 3.86. The van der Waals surface area contributed by atoms with Crippen LogP contribution in [0.1, 0.15) is 17.4 Å². The van der Waals surface area contributed by atoms with Crippen LogP contribution in [0.4, 0.5) is 18.9 Å². The van der Waals surface area contributed by atoms with Crippen molar-refractivity contribution in [3.05, 3.63) is 82.0 Å². The summed E-state index contributed by atoms with van der Waals surface area (Å²) < 4.78 is 37.8. The molecule has 0 radical (unpaired) electrons. The number of halogens is 5. The number of anilines is 1. The number of nitrogens with zero attached hydrogens (tertiary/aromatic N) is 1. The van der Waals surface area contributed by atoms with Crippen LogP contribution in [0, 0.1) is 0 Å². The summed E-state index contributed by atoms with van der Waals surface area (Å²) in [6.45, 7) is 0. The minimum absolute atomic E-state index is 0.329. The van der Waals surface area contributed by atoms with Crippen molar-refractivity contribution in [2.75, 3.05) is 5.32 Å². The number of aliphatic hydroxyl groups excluding tert-OH is 1. The molecule has 0 aliphatic rings. The second-order valence-electron chi connectivity index (χ2n) is 5.70. The maximum Gasteiger partial charge on any atom is 0.416 e. The first-order chi connectivity index (χ1) is 12.8. The predicted molar refractivity (Wildman–Crippen MR) is 99.7 cm³/mol. The van der Waals surface area contributed by atoms with Gasteiger partial charge in [0.1, 0.15) is 0 Å². The largest absolute Gasteiger partial charge is 0.416 e. The molecule has 2 N–H and O–H groups in total. The van der Waals surface area contributed by atoms with Crippen LogP contribution >= 0.6 is 23.2 Å². The lowest BCUT2D eigenvalue weighted by molar-refractivity contribution is -0.137. The van der Waals surface area contributed by atoms with E-state index in [2.05, 4.69) is 10.3 Å². The van der Waals surface area contributed by atoms with Crippen LogP contribution < -0.4 is 5.32 Å². The van der Waals surface area contributed by atoms with E-state index in [1.165, 1.54) is 12.1 Å². The maximum absolute atomic E-state index is 12.6. The van der Waals surface area contributed by atoms with Crippen molar-refractivity contribution in [2.24, 2.45) is 0 Å². The Morgan fingerprint density at radius 2 is 1.56 bits per heavy atom. The van der Waals surface area contributed by atoms with Gasteiger partial charge in [-0.2, -0.15) is 13.2 Å². The number of aromatic nitrogens is 1. The molecule has 8 heteroatoms. The number of aliphatic hydroxyl groups is 1. The monoisotopic (exact) mass is 412 g/mol. The number of alkyl halides is 3. The summed E-state index contributed by atoms with van der Waals surface area (Å²) in [6.07, 6.45) is -3.96. The van der Waals surface area contributed by atoms with Crippen molar-refractivity contribution in [3.63, 3.8) is 0 Å². The first-order valence-electron chi connectivity index (χ1n) is 7.78. The second-order valence-corrected chi connectivity index (χ2v) is 6.48. The summed E-state index contributed by atoms with van der Waals surface area (Å²) in [6, 6.07) is 12.8. The van der Waals surface area contributed by atoms with Gasteiger partial charge in [0.15, 0.2) is 6.23 Å². The Balaban J connectivity index is 1.74. The lowest BCUT2D eigenvalue weighted by Gasteiger charge is -2.16. The molecule has 2 aromatic carbocycles. The van der Waals surface area contributed by atoms with Gasteiger partial charge >= 0.3 is 6.18 Å². The van der Waals surface area contributed by atoms with Crippen LogP contribution in [0.2, 0.25) is 10.0 Å². The first-order valence-corrected chi connectivity index (χ1v) is 8.53. The topological polar surface area (TPSA) is 45.1 Å². The van der Waals surface area contributed by atoms with Crippen LogP contribution in [0.5, 0.6) is 0 Å². The van der Waals surface area contributed by atoms with Crippen molar-refractivity contribution >= 4 is 28.9 Å². The lowest BCUT2D eigenvalue weighted by Crippen LogP contribution is -2.10. The highest BCUT2D eigenvalue weighted by atomic mass is 35.5. The summed E-state index contributed by atoms with van der Waals surface area (Å²) in [5.41, 5.74) is 1.36. The maximum atomic E-state index is 12.6. The number of hydrogen-bond donors (Lipinski definition) is 2. The number of nitrogens with one attached hydrogen (secondary N) is 1. The molecule has 3 aromatic rings. The van der Waals surface area contributed by atoms with E-state index in [0.717, 1.165) is 12.1 Å². The van der Waals surface area contributed by atoms with E-state index < -0.39 is 18.0 Å². The van der Waals surface area contributed by atoms with Crippen molar-refractivity contribution in [2.45, 2.75) is 12.4 Å². The zero-order valence-corrected chi connectivity index (χ0v) is 15.1. The van der Waals surface area contributed by atoms with E-state index in [1.54, 1.807) is 36.5 Å². The molecule has 0 aliphatic heterocycles. The van der Waals surface area contributed by atoms with Gasteiger partial charge in [0.25, 0.3) is 0 Å². The Morgan fingerprint density at radius 1 is 0.926 bits per heavy atom. The van der Waals surface area contributed by atoms with E-state index in [4.69, 9.17) is 23.2 Å². The lowest BCUT2D eigenvalue weighted by atomic mass is 10.1. The fourth-order valence-electron chi connectivity index (χ4n) is 2.44. The van der Waals surface area contributed by atoms with Gasteiger partial charge in [0.2, 0.25) is 0 Å². The fraction of sp³-hybridized carbons (Fsp3) is 0.105. The number of hydrogen-bond acceptors (Lipinski definition) is 3. The first kappa shape index (κ1) is 19.5. The predicted octanol–water partition coefficient (Wildman–Crippen LogP) is 6.18. The molecule has 0 saturated carbocycles. The smallest absolute Gasteiger partial charge is 0.369 e. The molecule has 0 spiro atoms. The summed E-state index contributed by atoms with van der Waals surface area (Å²) in [5, 5.41) is 13.7. The highest BCUT2D eigenvalue weighted by Gasteiger charge is 2.30. The second kappa shape index (κ2) is 7.76. The minimum atomic E-state index is -4.40. The molecule has 1 aromatic heterocycles. The van der Waals surface area contributed by atoms with E-state index in [0.29, 0.717) is 32.6 Å². The van der Waals surface area contributed by atoms with Crippen LogP contribution in [-0.4, -0.2) is 10.1 Å². The summed E-state index contributed by atoms with van der Waals surface area (Å²) in [7, 11) is 0. The highest BCUT2D eigenvalue weighted by Crippen LogP contribution is 2.33. The average Bonchev–Trinajstić information content (AvgIpc) is 2.64. The average molecular weight is 413 g/mol. The zero-order chi connectivity index (χ0) is 19.6. The van der Waals surface area contributed by atoms with Gasteiger partial charge in [-0.3, -0.25) is 4.98 Å². The van der Waals surface area contributed by atoms with E-state index >= 15 is 0 Å². The van der Waals surface area contributed by atoms with Crippen molar-refractivity contribution in [3.8, 4) is 11.3 Å². The molecule has 0 amide bonds. The molecule has 0 fully saturated rings. The molecule has 1 unspecified atom stereocenters. The van der Waals surface area contributed by atoms with Gasteiger partial charge in [-0.25, -0.2) is 0 Å². The third kappa shape index (κ3) is 4.53. The normalized spacial score (nSPS) is 12.7. The summed E-state index contributed by atoms with van der Waals surface area (Å²) >= 11 is 12.1. The molecule has 140 valence electrons. The third-order valence-corrected chi connectivity index (χ3v) is 4.65. The van der Waals surface area contributed by atoms with Crippen LogP contribution in [0.25, 0.3) is 11.3 Å². The molecule has 27 heavy (non-hydrogen) atoms. The molecule has 0 aliphatic carbocycles. The van der Waals surface area contributed by atoms with Gasteiger partial charge in [0, 0.05) is 23.0 Å². The van der Waals surface area contributed by atoms with Crippen LogP contribution in [-0.2, 0) is 6.18 Å². The van der Waals surface area contributed by atoms with Crippen molar-refractivity contribution in [1.82, 2.24) is 4.98 Å². The van der Waals surface area contributed by atoms with Crippen LogP contribution in [0.3, 0.4) is 0 Å². The minimum Gasteiger partial charge on any atom is -0.369 e. The summed E-state index contributed by atoms with van der Waals surface area (Å²) in [5.74, 6) is 0. The molecule has 3 nitrogen and oxygen atoms in total. The van der Waals surface area contributed by atoms with Crippen molar-refractivity contribution in [1.29, 1.82) is 0 Å². The Labute approximate surface area is 163 Å². The van der Waals surface area contributed by atoms with Gasteiger partial charge in [0.05, 0.1) is 21.3 Å². The standard InChI is InChI=1S/C19H13Cl2F3N2O/c20-15-9-10-25-17(16(15)21)11-1-3-12(4-2-11)18(27)26-14-7-5-13(6-8-14)19(22,23)24/h1-10,18,26-27H. The molecule has 1 heterocycles. The quantitative estimate of drug-likeness (QED) is 0.503. The molecule has 1 atom stereocenters. The van der Waals surface area contributed by atoms with Crippen LogP contribution in [0.15, 0.2) is 60.8 Å². The fourth-order valence-corrected chi connectivity index (χ4v) is 2.81. The van der Waals surface area contributed by atoms with Gasteiger partial charge in [-0.05, 0) is 30.3 Å². The Hall–Kier alpha value is -2.28. The molecular formula is C19H13Cl2F3N2O. The van der Waals surface area contributed by atoms with Gasteiger partial charge in [-0.15, -0.1) is 0 Å². The molecular weight excluding hydrogens is 400 g/mol. The molecule has 3 rings (SSSR count). The summed E-state index contributed by atoms with van der Waals surface area (Å²) in [4.78, 5) is 4.19. The van der Waals surface area contributed by atoms with Crippen molar-refractivity contribution < 1.29 is 18.3 Å². The number of benzene rings is 2. The zero-order valence-electron chi connectivity index (χ0n) is 13.6. The molecule has 0 saturated heterocycles. The number of rotatable bonds is 4. The number of pyridine rings is 1. The van der Waals surface area contributed by atoms with E-state index in [1.807, 2.05) is 0 Å². The van der Waals surface area contributed by atoms with Gasteiger partial charge in [-0.1, -0.05) is 47.5 Å². The Morgan fingerprint density at radius 3 is 2.15 bits per heavy atom. The van der Waals surface area contributed by atoms with Gasteiger partial charge < -0.3 is 10.4 Å². The molecule has 0 bridgehead atoms. The highest BCUT2D eigenvalue weighted by molar-refractivity contribution is 6.43. The SMILES string of the molecule is OC(Nc1ccc(C(F)(F)F)cc1)c1ccc(-c2nccc(Cl)c2Cl)cc1.